The SMILES string of the molecule is CNCCC1CCCCN1C1CCN(C(C)C)CC1. The van der Waals surface area contributed by atoms with Gasteiger partial charge in [0.05, 0.1) is 0 Å². The lowest BCUT2D eigenvalue weighted by Crippen LogP contribution is -2.52. The minimum absolute atomic E-state index is 0.724. The van der Waals surface area contributed by atoms with Crippen LogP contribution in [-0.4, -0.2) is 61.2 Å². The summed E-state index contributed by atoms with van der Waals surface area (Å²) in [6.45, 7) is 9.79. The van der Waals surface area contributed by atoms with Crippen molar-refractivity contribution in [2.24, 2.45) is 0 Å². The van der Waals surface area contributed by atoms with Crippen LogP contribution in [0.2, 0.25) is 0 Å². The molecule has 3 heteroatoms. The molecule has 1 atom stereocenters. The summed E-state index contributed by atoms with van der Waals surface area (Å²) in [6, 6.07) is 2.43. The molecule has 1 N–H and O–H groups in total. The number of piperidine rings is 2. The molecule has 1 unspecified atom stereocenters. The smallest absolute Gasteiger partial charge is 0.0122 e. The lowest BCUT2D eigenvalue weighted by atomic mass is 9.93. The fraction of sp³-hybridized carbons (Fsp3) is 1.00. The summed E-state index contributed by atoms with van der Waals surface area (Å²) in [7, 11) is 2.08. The van der Waals surface area contributed by atoms with Gasteiger partial charge in [-0.1, -0.05) is 6.42 Å². The van der Waals surface area contributed by atoms with Gasteiger partial charge in [0, 0.05) is 18.1 Å². The molecule has 0 aromatic heterocycles. The predicted molar refractivity (Wildman–Crippen MR) is 82.6 cm³/mol. The quantitative estimate of drug-likeness (QED) is 0.825. The monoisotopic (exact) mass is 267 g/mol. The Bertz CT molecular complexity index is 246. The lowest BCUT2D eigenvalue weighted by molar-refractivity contribution is 0.0399. The van der Waals surface area contributed by atoms with E-state index in [4.69, 9.17) is 0 Å². The number of hydrogen-bond donors (Lipinski definition) is 1. The van der Waals surface area contributed by atoms with E-state index in [9.17, 15) is 0 Å². The van der Waals surface area contributed by atoms with Crippen molar-refractivity contribution in [3.05, 3.63) is 0 Å². The fourth-order valence-electron chi connectivity index (χ4n) is 3.86. The van der Waals surface area contributed by atoms with Gasteiger partial charge >= 0.3 is 0 Å². The first kappa shape index (κ1) is 15.3. The van der Waals surface area contributed by atoms with Gasteiger partial charge in [-0.05, 0) is 79.2 Å². The second kappa shape index (κ2) is 7.61. The molecule has 2 aliphatic rings. The number of likely N-dealkylation sites (tertiary alicyclic amines) is 2. The van der Waals surface area contributed by atoms with E-state index in [2.05, 4.69) is 36.0 Å². The summed E-state index contributed by atoms with van der Waals surface area (Å²) < 4.78 is 0. The molecule has 0 spiro atoms. The molecule has 3 nitrogen and oxygen atoms in total. The second-order valence-electron chi connectivity index (χ2n) is 6.64. The molecular weight excluding hydrogens is 234 g/mol. The van der Waals surface area contributed by atoms with Crippen molar-refractivity contribution in [1.82, 2.24) is 15.1 Å². The highest BCUT2D eigenvalue weighted by Crippen LogP contribution is 2.27. The van der Waals surface area contributed by atoms with Crippen molar-refractivity contribution in [2.75, 3.05) is 33.2 Å². The van der Waals surface area contributed by atoms with Gasteiger partial charge in [0.2, 0.25) is 0 Å². The Balaban J connectivity index is 1.85. The largest absolute Gasteiger partial charge is 0.320 e. The van der Waals surface area contributed by atoms with Crippen molar-refractivity contribution in [1.29, 1.82) is 0 Å². The maximum absolute atomic E-state index is 3.33. The number of rotatable bonds is 5. The molecule has 2 heterocycles. The van der Waals surface area contributed by atoms with Crippen LogP contribution >= 0.6 is 0 Å². The Labute approximate surface area is 119 Å². The number of nitrogens with one attached hydrogen (secondary N) is 1. The highest BCUT2D eigenvalue weighted by Gasteiger charge is 2.31. The third-order valence-corrected chi connectivity index (χ3v) is 5.10. The molecule has 2 rings (SSSR count). The molecule has 0 bridgehead atoms. The first-order valence-electron chi connectivity index (χ1n) is 8.36. The molecule has 2 aliphatic heterocycles. The molecular formula is C16H33N3. The van der Waals surface area contributed by atoms with Gasteiger partial charge in [-0.2, -0.15) is 0 Å². The summed E-state index contributed by atoms with van der Waals surface area (Å²) in [5.74, 6) is 0. The lowest BCUT2D eigenvalue weighted by Gasteiger charge is -2.45. The molecule has 0 aromatic carbocycles. The molecule has 0 radical (unpaired) electrons. The molecule has 0 saturated carbocycles. The Morgan fingerprint density at radius 1 is 1.05 bits per heavy atom. The Hall–Kier alpha value is -0.120. The van der Waals surface area contributed by atoms with E-state index in [-0.39, 0.29) is 0 Å². The van der Waals surface area contributed by atoms with Gasteiger partial charge in [-0.3, -0.25) is 4.90 Å². The molecule has 2 saturated heterocycles. The Morgan fingerprint density at radius 3 is 2.42 bits per heavy atom. The zero-order valence-electron chi connectivity index (χ0n) is 13.2. The number of nitrogens with zero attached hydrogens (tertiary/aromatic N) is 2. The Morgan fingerprint density at radius 2 is 1.79 bits per heavy atom. The Kier molecular flexibility index (Phi) is 6.11. The number of hydrogen-bond acceptors (Lipinski definition) is 3. The van der Waals surface area contributed by atoms with Crippen LogP contribution in [0.25, 0.3) is 0 Å². The zero-order valence-corrected chi connectivity index (χ0v) is 13.2. The highest BCUT2D eigenvalue weighted by atomic mass is 15.2. The van der Waals surface area contributed by atoms with Crippen molar-refractivity contribution in [3.8, 4) is 0 Å². The van der Waals surface area contributed by atoms with E-state index in [0.29, 0.717) is 0 Å². The maximum Gasteiger partial charge on any atom is 0.0122 e. The van der Waals surface area contributed by atoms with E-state index in [1.54, 1.807) is 0 Å². The van der Waals surface area contributed by atoms with E-state index in [1.807, 2.05) is 0 Å². The van der Waals surface area contributed by atoms with Crippen molar-refractivity contribution in [2.45, 2.75) is 70.5 Å². The van der Waals surface area contributed by atoms with Gasteiger partial charge in [0.25, 0.3) is 0 Å². The summed E-state index contributed by atoms with van der Waals surface area (Å²) in [4.78, 5) is 5.50. The summed E-state index contributed by atoms with van der Waals surface area (Å²) in [5, 5.41) is 3.33. The van der Waals surface area contributed by atoms with Crippen LogP contribution in [0.3, 0.4) is 0 Å². The van der Waals surface area contributed by atoms with Crippen LogP contribution in [0.1, 0.15) is 52.4 Å². The van der Waals surface area contributed by atoms with Crippen molar-refractivity contribution in [3.63, 3.8) is 0 Å². The highest BCUT2D eigenvalue weighted by molar-refractivity contribution is 4.87. The summed E-state index contributed by atoms with van der Waals surface area (Å²) in [5.41, 5.74) is 0. The predicted octanol–water partition coefficient (Wildman–Crippen LogP) is 2.32. The first-order chi connectivity index (χ1) is 9.22. The standard InChI is InChI=1S/C16H33N3/c1-14(2)18-12-8-16(9-13-18)19-11-5-4-6-15(19)7-10-17-3/h14-17H,4-13H2,1-3H3. The first-order valence-corrected chi connectivity index (χ1v) is 8.36. The molecule has 0 aliphatic carbocycles. The molecule has 0 amide bonds. The van der Waals surface area contributed by atoms with E-state index >= 15 is 0 Å². The third kappa shape index (κ3) is 4.17. The van der Waals surface area contributed by atoms with Crippen molar-refractivity contribution < 1.29 is 0 Å². The maximum atomic E-state index is 3.33. The zero-order chi connectivity index (χ0) is 13.7. The van der Waals surface area contributed by atoms with Crippen LogP contribution in [0.15, 0.2) is 0 Å². The van der Waals surface area contributed by atoms with Gasteiger partial charge < -0.3 is 10.2 Å². The average Bonchev–Trinajstić information content (AvgIpc) is 2.45. The van der Waals surface area contributed by atoms with Crippen LogP contribution in [-0.2, 0) is 0 Å². The van der Waals surface area contributed by atoms with Gasteiger partial charge in [-0.25, -0.2) is 0 Å². The normalized spacial score (nSPS) is 28.1. The second-order valence-corrected chi connectivity index (χ2v) is 6.64. The third-order valence-electron chi connectivity index (χ3n) is 5.10. The van der Waals surface area contributed by atoms with E-state index in [0.717, 1.165) is 18.1 Å². The van der Waals surface area contributed by atoms with Crippen LogP contribution in [0, 0.1) is 0 Å². The molecule has 19 heavy (non-hydrogen) atoms. The molecule has 112 valence electrons. The average molecular weight is 267 g/mol. The van der Waals surface area contributed by atoms with Gasteiger partial charge in [0.15, 0.2) is 0 Å². The van der Waals surface area contributed by atoms with E-state index in [1.165, 1.54) is 64.7 Å². The van der Waals surface area contributed by atoms with Gasteiger partial charge in [0.1, 0.15) is 0 Å². The summed E-state index contributed by atoms with van der Waals surface area (Å²) in [6.07, 6.45) is 8.38. The van der Waals surface area contributed by atoms with Crippen LogP contribution < -0.4 is 5.32 Å². The van der Waals surface area contributed by atoms with Gasteiger partial charge in [-0.15, -0.1) is 0 Å². The topological polar surface area (TPSA) is 18.5 Å². The molecule has 2 fully saturated rings. The fourth-order valence-corrected chi connectivity index (χ4v) is 3.86. The molecule has 0 aromatic rings. The van der Waals surface area contributed by atoms with Crippen LogP contribution in [0.5, 0.6) is 0 Å². The minimum Gasteiger partial charge on any atom is -0.320 e. The van der Waals surface area contributed by atoms with Crippen molar-refractivity contribution >= 4 is 0 Å². The minimum atomic E-state index is 0.724. The van der Waals surface area contributed by atoms with Crippen LogP contribution in [0.4, 0.5) is 0 Å². The van der Waals surface area contributed by atoms with E-state index < -0.39 is 0 Å². The summed E-state index contributed by atoms with van der Waals surface area (Å²) >= 11 is 0.